The van der Waals surface area contributed by atoms with Crippen LogP contribution in [-0.4, -0.2) is 6.61 Å². The molecule has 0 atom stereocenters. The molecule has 5 heteroatoms. The Morgan fingerprint density at radius 2 is 1.89 bits per heavy atom. The molecule has 0 aliphatic heterocycles. The zero-order chi connectivity index (χ0) is 13.2. The molecule has 0 radical (unpaired) electrons. The van der Waals surface area contributed by atoms with E-state index in [0.717, 1.165) is 31.2 Å². The number of ether oxygens (including phenoxy) is 1. The number of hydrogen-bond acceptors (Lipinski definition) is 2. The summed E-state index contributed by atoms with van der Waals surface area (Å²) in [5, 5.41) is 0.184. The van der Waals surface area contributed by atoms with Gasteiger partial charge in [-0.25, -0.2) is 0 Å². The van der Waals surface area contributed by atoms with Gasteiger partial charge in [0.25, 0.3) is 0 Å². The van der Waals surface area contributed by atoms with E-state index >= 15 is 0 Å². The highest BCUT2D eigenvalue weighted by molar-refractivity contribution is 6.32. The van der Waals surface area contributed by atoms with Crippen LogP contribution in [0.4, 0.5) is 8.78 Å². The van der Waals surface area contributed by atoms with Crippen molar-refractivity contribution in [3.63, 3.8) is 0 Å². The van der Waals surface area contributed by atoms with Crippen LogP contribution in [0.3, 0.4) is 0 Å². The lowest BCUT2D eigenvalue weighted by Gasteiger charge is -2.34. The lowest BCUT2D eigenvalue weighted by atomic mass is 9.77. The Morgan fingerprint density at radius 1 is 1.22 bits per heavy atom. The maximum atomic E-state index is 12.1. The van der Waals surface area contributed by atoms with Crippen molar-refractivity contribution in [1.82, 2.24) is 0 Å². The van der Waals surface area contributed by atoms with E-state index in [1.807, 2.05) is 0 Å². The molecule has 100 valence electrons. The third kappa shape index (κ3) is 2.93. The summed E-state index contributed by atoms with van der Waals surface area (Å²) in [6.07, 6.45) is 5.17. The van der Waals surface area contributed by atoms with Crippen molar-refractivity contribution < 1.29 is 13.5 Å². The summed E-state index contributed by atoms with van der Waals surface area (Å²) in [7, 11) is 0. The standard InChI is InChI=1S/C13H16ClF2NO/c14-10-8-9(4-5-11(10)18-12(15)16)13(17)6-2-1-3-7-13/h4-5,8,12H,1-3,6-7,17H2. The van der Waals surface area contributed by atoms with Gasteiger partial charge in [-0.3, -0.25) is 0 Å². The lowest BCUT2D eigenvalue weighted by Crippen LogP contribution is -2.38. The van der Waals surface area contributed by atoms with E-state index in [1.54, 1.807) is 12.1 Å². The maximum Gasteiger partial charge on any atom is 0.387 e. The summed E-state index contributed by atoms with van der Waals surface area (Å²) < 4.78 is 28.6. The van der Waals surface area contributed by atoms with Gasteiger partial charge in [0.05, 0.1) is 5.02 Å². The minimum Gasteiger partial charge on any atom is -0.433 e. The molecule has 18 heavy (non-hydrogen) atoms. The van der Waals surface area contributed by atoms with E-state index < -0.39 is 6.61 Å². The molecule has 0 spiro atoms. The molecule has 2 rings (SSSR count). The number of nitrogens with two attached hydrogens (primary N) is 1. The third-order valence-electron chi connectivity index (χ3n) is 3.47. The highest BCUT2D eigenvalue weighted by Gasteiger charge is 2.29. The molecule has 1 aromatic rings. The van der Waals surface area contributed by atoms with Gasteiger partial charge >= 0.3 is 6.61 Å². The maximum absolute atomic E-state index is 12.1. The zero-order valence-electron chi connectivity index (χ0n) is 9.96. The van der Waals surface area contributed by atoms with Crippen molar-refractivity contribution in [2.24, 2.45) is 5.73 Å². The van der Waals surface area contributed by atoms with Crippen molar-refractivity contribution in [3.05, 3.63) is 28.8 Å². The minimum atomic E-state index is -2.87. The van der Waals surface area contributed by atoms with Crippen molar-refractivity contribution in [2.75, 3.05) is 0 Å². The Bertz CT molecular complexity index is 419. The van der Waals surface area contributed by atoms with E-state index in [2.05, 4.69) is 4.74 Å². The summed E-state index contributed by atoms with van der Waals surface area (Å²) in [4.78, 5) is 0. The lowest BCUT2D eigenvalue weighted by molar-refractivity contribution is -0.0498. The quantitative estimate of drug-likeness (QED) is 0.903. The smallest absolute Gasteiger partial charge is 0.387 e. The minimum absolute atomic E-state index is 0.00479. The van der Waals surface area contributed by atoms with Gasteiger partial charge < -0.3 is 10.5 Å². The fourth-order valence-corrected chi connectivity index (χ4v) is 2.70. The molecule has 0 amide bonds. The van der Waals surface area contributed by atoms with E-state index in [9.17, 15) is 8.78 Å². The van der Waals surface area contributed by atoms with Gasteiger partial charge in [-0.2, -0.15) is 8.78 Å². The first-order chi connectivity index (χ1) is 8.51. The van der Waals surface area contributed by atoms with Gasteiger partial charge in [-0.15, -0.1) is 0 Å². The number of halogens is 3. The van der Waals surface area contributed by atoms with Crippen LogP contribution >= 0.6 is 11.6 Å². The van der Waals surface area contributed by atoms with Crippen molar-refractivity contribution >= 4 is 11.6 Å². The molecule has 0 heterocycles. The SMILES string of the molecule is NC1(c2ccc(OC(F)F)c(Cl)c2)CCCCC1. The van der Waals surface area contributed by atoms with Crippen LogP contribution in [0.15, 0.2) is 18.2 Å². The number of benzene rings is 1. The van der Waals surface area contributed by atoms with Crippen LogP contribution in [0.1, 0.15) is 37.7 Å². The highest BCUT2D eigenvalue weighted by Crippen LogP contribution is 2.37. The Hall–Kier alpha value is -0.870. The zero-order valence-corrected chi connectivity index (χ0v) is 10.7. The number of hydrogen-bond donors (Lipinski definition) is 1. The second kappa shape index (κ2) is 5.41. The average Bonchev–Trinajstić information content (AvgIpc) is 2.32. The fraction of sp³-hybridized carbons (Fsp3) is 0.538. The summed E-state index contributed by atoms with van der Waals surface area (Å²) >= 11 is 5.94. The van der Waals surface area contributed by atoms with Gasteiger partial charge in [-0.1, -0.05) is 36.9 Å². The summed E-state index contributed by atoms with van der Waals surface area (Å²) in [5.41, 5.74) is 6.87. The van der Waals surface area contributed by atoms with E-state index in [-0.39, 0.29) is 16.3 Å². The molecule has 1 aliphatic rings. The predicted molar refractivity (Wildman–Crippen MR) is 67.0 cm³/mol. The Kier molecular flexibility index (Phi) is 4.07. The van der Waals surface area contributed by atoms with Crippen LogP contribution in [0.25, 0.3) is 0 Å². The Labute approximate surface area is 110 Å². The van der Waals surface area contributed by atoms with Crippen LogP contribution < -0.4 is 10.5 Å². The van der Waals surface area contributed by atoms with Crippen LogP contribution in [0.2, 0.25) is 5.02 Å². The molecule has 0 aromatic heterocycles. The fourth-order valence-electron chi connectivity index (χ4n) is 2.47. The third-order valence-corrected chi connectivity index (χ3v) is 3.76. The first kappa shape index (κ1) is 13.6. The number of rotatable bonds is 3. The molecule has 0 saturated heterocycles. The molecular formula is C13H16ClF2NO. The monoisotopic (exact) mass is 275 g/mol. The van der Waals surface area contributed by atoms with Gasteiger partial charge in [-0.05, 0) is 30.5 Å². The van der Waals surface area contributed by atoms with Gasteiger partial charge in [0, 0.05) is 5.54 Å². The molecule has 1 saturated carbocycles. The summed E-state index contributed by atoms with van der Waals surface area (Å²) in [6.45, 7) is -2.87. The molecule has 1 aromatic carbocycles. The molecule has 2 nitrogen and oxygen atoms in total. The molecule has 0 bridgehead atoms. The van der Waals surface area contributed by atoms with Crippen molar-refractivity contribution in [2.45, 2.75) is 44.3 Å². The molecule has 0 unspecified atom stereocenters. The topological polar surface area (TPSA) is 35.2 Å². The first-order valence-electron chi connectivity index (χ1n) is 6.05. The predicted octanol–water partition coefficient (Wildman–Crippen LogP) is 4.06. The van der Waals surface area contributed by atoms with Gasteiger partial charge in [0.1, 0.15) is 5.75 Å². The molecular weight excluding hydrogens is 260 g/mol. The van der Waals surface area contributed by atoms with Crippen molar-refractivity contribution in [3.8, 4) is 5.75 Å². The average molecular weight is 276 g/mol. The molecule has 1 aliphatic carbocycles. The highest BCUT2D eigenvalue weighted by atomic mass is 35.5. The van der Waals surface area contributed by atoms with E-state index in [1.165, 1.54) is 12.5 Å². The Morgan fingerprint density at radius 3 is 2.44 bits per heavy atom. The summed E-state index contributed by atoms with van der Waals surface area (Å²) in [6, 6.07) is 4.84. The van der Waals surface area contributed by atoms with Crippen LogP contribution in [-0.2, 0) is 5.54 Å². The first-order valence-corrected chi connectivity index (χ1v) is 6.43. The van der Waals surface area contributed by atoms with Crippen LogP contribution in [0, 0.1) is 0 Å². The second-order valence-corrected chi connectivity index (χ2v) is 5.15. The van der Waals surface area contributed by atoms with Crippen molar-refractivity contribution in [1.29, 1.82) is 0 Å². The van der Waals surface area contributed by atoms with Crippen LogP contribution in [0.5, 0.6) is 5.75 Å². The largest absolute Gasteiger partial charge is 0.433 e. The van der Waals surface area contributed by atoms with E-state index in [0.29, 0.717) is 0 Å². The normalized spacial score (nSPS) is 18.9. The number of alkyl halides is 2. The van der Waals surface area contributed by atoms with Gasteiger partial charge in [0.15, 0.2) is 0 Å². The summed E-state index contributed by atoms with van der Waals surface area (Å²) in [5.74, 6) is -0.00479. The molecule has 1 fully saturated rings. The second-order valence-electron chi connectivity index (χ2n) is 4.74. The van der Waals surface area contributed by atoms with Gasteiger partial charge in [0.2, 0.25) is 0 Å². The van der Waals surface area contributed by atoms with E-state index in [4.69, 9.17) is 17.3 Å². The molecule has 2 N–H and O–H groups in total. The Balaban J connectivity index is 2.22.